The number of nitrogens with zero attached hydrogens (tertiary/aromatic N) is 2. The lowest BCUT2D eigenvalue weighted by atomic mass is 9.83. The standard InChI is InChI=1S/C54H42N2O/c1-34-21-27-49-45(30-34)42-25-22-36(35-24-28-50-46(31-35)47-18-8-9-29-54(47,2)56(50)38-12-4-3-5-13-38)32-51(42)55(49)48-19-11-16-40-39(15-10-17-41(40)48)37-23-26-44-43-14-6-7-20-52(43)57-53(44)33-37/h3-5,7-13,15-20,22-28,30-34H,6,14,21,29H2,1-2H3. The summed E-state index contributed by atoms with van der Waals surface area (Å²) in [5, 5.41) is 7.65. The molecule has 8 aromatic rings. The largest absolute Gasteiger partial charge is 0.456 e. The van der Waals surface area contributed by atoms with Crippen LogP contribution in [-0.2, 0) is 6.42 Å². The Morgan fingerprint density at radius 3 is 2.46 bits per heavy atom. The molecule has 2 unspecified atom stereocenters. The maximum Gasteiger partial charge on any atom is 0.135 e. The van der Waals surface area contributed by atoms with Crippen molar-refractivity contribution in [3.63, 3.8) is 0 Å². The minimum atomic E-state index is -0.134. The lowest BCUT2D eigenvalue weighted by Gasteiger charge is -2.38. The highest BCUT2D eigenvalue weighted by atomic mass is 16.3. The second-order valence-corrected chi connectivity index (χ2v) is 16.6. The smallest absolute Gasteiger partial charge is 0.135 e. The number of aryl methyl sites for hydroxylation is 1. The minimum absolute atomic E-state index is 0.134. The molecule has 3 nitrogen and oxygen atoms in total. The molecule has 0 radical (unpaired) electrons. The van der Waals surface area contributed by atoms with Gasteiger partial charge in [-0.05, 0) is 120 Å². The fourth-order valence-corrected chi connectivity index (χ4v) is 10.4. The molecule has 3 heteroatoms. The lowest BCUT2D eigenvalue weighted by Crippen LogP contribution is -2.40. The molecule has 274 valence electrons. The van der Waals surface area contributed by atoms with Crippen molar-refractivity contribution in [1.82, 2.24) is 4.57 Å². The third-order valence-electron chi connectivity index (χ3n) is 13.1. The number of anilines is 2. The summed E-state index contributed by atoms with van der Waals surface area (Å²) in [7, 11) is 0. The molecule has 0 amide bonds. The van der Waals surface area contributed by atoms with Gasteiger partial charge in [0.25, 0.3) is 0 Å². The van der Waals surface area contributed by atoms with Crippen LogP contribution in [0, 0.1) is 5.92 Å². The maximum absolute atomic E-state index is 6.39. The zero-order valence-corrected chi connectivity index (χ0v) is 32.3. The van der Waals surface area contributed by atoms with Crippen molar-refractivity contribution in [2.75, 3.05) is 4.90 Å². The number of rotatable bonds is 4. The number of benzene rings is 6. The minimum Gasteiger partial charge on any atom is -0.456 e. The fraction of sp³-hybridized carbons (Fsp3) is 0.148. The summed E-state index contributed by atoms with van der Waals surface area (Å²) in [5.74, 6) is 1.50. The Morgan fingerprint density at radius 2 is 1.53 bits per heavy atom. The van der Waals surface area contributed by atoms with Crippen LogP contribution in [0.5, 0.6) is 0 Å². The van der Waals surface area contributed by atoms with E-state index in [0.717, 1.165) is 37.0 Å². The van der Waals surface area contributed by atoms with Gasteiger partial charge in [0.15, 0.2) is 0 Å². The lowest BCUT2D eigenvalue weighted by molar-refractivity contribution is 0.595. The topological polar surface area (TPSA) is 21.3 Å². The van der Waals surface area contributed by atoms with Crippen LogP contribution < -0.4 is 15.5 Å². The predicted octanol–water partition coefficient (Wildman–Crippen LogP) is 12.7. The first-order valence-electron chi connectivity index (χ1n) is 20.5. The van der Waals surface area contributed by atoms with Gasteiger partial charge in [-0.15, -0.1) is 0 Å². The summed E-state index contributed by atoms with van der Waals surface area (Å²) < 4.78 is 8.92. The Balaban J connectivity index is 1.03. The molecule has 0 fully saturated rings. The van der Waals surface area contributed by atoms with Gasteiger partial charge in [0, 0.05) is 49.2 Å². The van der Waals surface area contributed by atoms with Crippen molar-refractivity contribution >= 4 is 67.8 Å². The molecule has 3 heterocycles. The summed E-state index contributed by atoms with van der Waals surface area (Å²) in [4.78, 5) is 2.54. The Bertz CT molecular complexity index is 3220. The first-order chi connectivity index (χ1) is 28.0. The molecule has 0 N–H and O–H groups in total. The highest BCUT2D eigenvalue weighted by molar-refractivity contribution is 6.04. The van der Waals surface area contributed by atoms with E-state index in [2.05, 4.69) is 187 Å². The van der Waals surface area contributed by atoms with Crippen LogP contribution in [0.1, 0.15) is 50.0 Å². The van der Waals surface area contributed by atoms with E-state index in [0.29, 0.717) is 5.92 Å². The highest BCUT2D eigenvalue weighted by Gasteiger charge is 2.45. The monoisotopic (exact) mass is 734 g/mol. The summed E-state index contributed by atoms with van der Waals surface area (Å²) in [6.45, 7) is 4.72. The zero-order valence-electron chi connectivity index (χ0n) is 32.3. The number of hydrogen-bond acceptors (Lipinski definition) is 2. The van der Waals surface area contributed by atoms with Crippen LogP contribution >= 0.6 is 0 Å². The van der Waals surface area contributed by atoms with Crippen molar-refractivity contribution in [2.45, 2.75) is 45.1 Å². The Hall–Kier alpha value is -6.58. The van der Waals surface area contributed by atoms with E-state index in [1.165, 1.54) is 93.6 Å². The van der Waals surface area contributed by atoms with Crippen molar-refractivity contribution in [3.8, 4) is 27.9 Å². The van der Waals surface area contributed by atoms with Crippen LogP contribution in [0.15, 0.2) is 150 Å². The Morgan fingerprint density at radius 1 is 0.702 bits per heavy atom. The van der Waals surface area contributed by atoms with E-state index in [1.807, 2.05) is 0 Å². The van der Waals surface area contributed by atoms with E-state index in [4.69, 9.17) is 4.42 Å². The first-order valence-corrected chi connectivity index (χ1v) is 20.5. The molecule has 0 saturated carbocycles. The van der Waals surface area contributed by atoms with Gasteiger partial charge in [-0.1, -0.05) is 122 Å². The maximum atomic E-state index is 6.39. The molecule has 2 aromatic heterocycles. The SMILES string of the molecule is CC1C=c2c(n(-c3cccc4c(-c5ccc6c7c(oc6c5)C=CCC7)cccc34)c3cc(-c4ccc5c(c4)C4=CC=CCC4(C)N5c4ccccc4)ccc23)=CC1. The number of hydrogen-bond donors (Lipinski definition) is 0. The van der Waals surface area contributed by atoms with E-state index >= 15 is 0 Å². The normalized spacial score (nSPS) is 19.2. The summed E-state index contributed by atoms with van der Waals surface area (Å²) in [6.07, 6.45) is 20.3. The quantitative estimate of drug-likeness (QED) is 0.180. The second-order valence-electron chi connectivity index (χ2n) is 16.6. The van der Waals surface area contributed by atoms with Crippen molar-refractivity contribution in [2.24, 2.45) is 5.92 Å². The number of furan rings is 1. The molecule has 2 atom stereocenters. The molecule has 1 aliphatic heterocycles. The Kier molecular flexibility index (Phi) is 6.99. The highest BCUT2D eigenvalue weighted by Crippen LogP contribution is 2.54. The average molecular weight is 735 g/mol. The van der Waals surface area contributed by atoms with Crippen molar-refractivity contribution < 1.29 is 4.42 Å². The number of aromatic nitrogens is 1. The van der Waals surface area contributed by atoms with Crippen LogP contribution in [0.3, 0.4) is 0 Å². The second kappa shape index (κ2) is 12.2. The van der Waals surface area contributed by atoms with E-state index in [-0.39, 0.29) is 5.54 Å². The van der Waals surface area contributed by atoms with Gasteiger partial charge in [-0.25, -0.2) is 0 Å². The zero-order chi connectivity index (χ0) is 37.8. The van der Waals surface area contributed by atoms with Gasteiger partial charge >= 0.3 is 0 Å². The van der Waals surface area contributed by atoms with Gasteiger partial charge in [-0.2, -0.15) is 0 Å². The van der Waals surface area contributed by atoms with E-state index in [9.17, 15) is 0 Å². The van der Waals surface area contributed by atoms with Crippen LogP contribution in [0.2, 0.25) is 0 Å². The average Bonchev–Trinajstić information content (AvgIpc) is 3.87. The molecular formula is C54H42N2O. The molecule has 12 rings (SSSR count). The Labute approximate surface area is 332 Å². The molecule has 0 saturated heterocycles. The van der Waals surface area contributed by atoms with Gasteiger partial charge in [0.05, 0.1) is 16.7 Å². The molecule has 6 aromatic carbocycles. The number of para-hydroxylation sites is 1. The number of fused-ring (bicyclic) bond motifs is 10. The summed E-state index contributed by atoms with van der Waals surface area (Å²) >= 11 is 0. The van der Waals surface area contributed by atoms with Gasteiger partial charge in [0.2, 0.25) is 0 Å². The van der Waals surface area contributed by atoms with E-state index in [1.54, 1.807) is 0 Å². The van der Waals surface area contributed by atoms with E-state index < -0.39 is 0 Å². The van der Waals surface area contributed by atoms with Crippen LogP contribution in [0.25, 0.3) is 84.4 Å². The third-order valence-corrected chi connectivity index (χ3v) is 13.1. The van der Waals surface area contributed by atoms with Gasteiger partial charge in [-0.3, -0.25) is 0 Å². The molecule has 57 heavy (non-hydrogen) atoms. The molecule has 0 spiro atoms. The fourth-order valence-electron chi connectivity index (χ4n) is 10.4. The summed E-state index contributed by atoms with van der Waals surface area (Å²) in [5.41, 5.74) is 14.7. The van der Waals surface area contributed by atoms with Crippen LogP contribution in [0.4, 0.5) is 11.4 Å². The first kappa shape index (κ1) is 32.6. The van der Waals surface area contributed by atoms with Crippen LogP contribution in [-0.4, -0.2) is 10.1 Å². The number of allylic oxidation sites excluding steroid dienone is 3. The molecule has 4 aliphatic rings. The molecular weight excluding hydrogens is 693 g/mol. The van der Waals surface area contributed by atoms with Crippen molar-refractivity contribution in [3.05, 3.63) is 173 Å². The van der Waals surface area contributed by atoms with Gasteiger partial charge in [0.1, 0.15) is 11.3 Å². The summed E-state index contributed by atoms with van der Waals surface area (Å²) in [6, 6.07) is 45.5. The molecule has 3 aliphatic carbocycles. The van der Waals surface area contributed by atoms with Gasteiger partial charge < -0.3 is 13.9 Å². The predicted molar refractivity (Wildman–Crippen MR) is 239 cm³/mol. The third kappa shape index (κ3) is 4.78. The molecule has 0 bridgehead atoms. The van der Waals surface area contributed by atoms with Crippen molar-refractivity contribution in [1.29, 1.82) is 0 Å².